The number of rotatable bonds is 6. The number of aliphatic hydroxyl groups is 1. The second kappa shape index (κ2) is 7.06. The summed E-state index contributed by atoms with van der Waals surface area (Å²) in [5, 5.41) is 11.0. The molecule has 0 bridgehead atoms. The second-order valence-electron chi connectivity index (χ2n) is 5.80. The Kier molecular flexibility index (Phi) is 5.41. The third-order valence-electron chi connectivity index (χ3n) is 4.27. The standard InChI is InChI=1S/C17H27NO/c1-2-11-17(19,16-9-5-3-6-10-16)12-15-18-13-7-4-8-14-18/h3,5-6,9-10,19H,2,4,7-8,11-15H2,1H3. The van der Waals surface area contributed by atoms with Gasteiger partial charge in [-0.25, -0.2) is 0 Å². The highest BCUT2D eigenvalue weighted by Gasteiger charge is 2.28. The molecule has 1 aliphatic rings. The molecule has 0 spiro atoms. The Balaban J connectivity index is 1.98. The van der Waals surface area contributed by atoms with Gasteiger partial charge in [0.25, 0.3) is 0 Å². The first-order valence-corrected chi connectivity index (χ1v) is 7.75. The molecule has 19 heavy (non-hydrogen) atoms. The van der Waals surface area contributed by atoms with Gasteiger partial charge in [0.15, 0.2) is 0 Å². The summed E-state index contributed by atoms with van der Waals surface area (Å²) in [6.07, 6.45) is 6.73. The van der Waals surface area contributed by atoms with E-state index in [-0.39, 0.29) is 0 Å². The van der Waals surface area contributed by atoms with Gasteiger partial charge in [0.05, 0.1) is 5.60 Å². The van der Waals surface area contributed by atoms with Gasteiger partial charge in [-0.05, 0) is 44.3 Å². The highest BCUT2D eigenvalue weighted by atomic mass is 16.3. The quantitative estimate of drug-likeness (QED) is 0.846. The minimum absolute atomic E-state index is 0.645. The summed E-state index contributed by atoms with van der Waals surface area (Å²) >= 11 is 0. The largest absolute Gasteiger partial charge is 0.385 e. The van der Waals surface area contributed by atoms with E-state index in [4.69, 9.17) is 0 Å². The van der Waals surface area contributed by atoms with E-state index in [1.807, 2.05) is 18.2 Å². The van der Waals surface area contributed by atoms with E-state index in [9.17, 15) is 5.11 Å². The Hall–Kier alpha value is -0.860. The summed E-state index contributed by atoms with van der Waals surface area (Å²) in [5.74, 6) is 0. The van der Waals surface area contributed by atoms with Gasteiger partial charge in [0, 0.05) is 6.54 Å². The summed E-state index contributed by atoms with van der Waals surface area (Å²) in [6, 6.07) is 10.2. The molecule has 106 valence electrons. The van der Waals surface area contributed by atoms with E-state index in [0.29, 0.717) is 0 Å². The van der Waals surface area contributed by atoms with Crippen LogP contribution in [0, 0.1) is 0 Å². The molecule has 2 heteroatoms. The topological polar surface area (TPSA) is 23.5 Å². The molecule has 0 radical (unpaired) electrons. The van der Waals surface area contributed by atoms with Crippen molar-refractivity contribution in [3.8, 4) is 0 Å². The monoisotopic (exact) mass is 261 g/mol. The maximum atomic E-state index is 11.0. The van der Waals surface area contributed by atoms with Gasteiger partial charge in [0.2, 0.25) is 0 Å². The van der Waals surface area contributed by atoms with E-state index in [0.717, 1.165) is 31.4 Å². The molecule has 0 aromatic heterocycles. The number of nitrogens with zero attached hydrogens (tertiary/aromatic N) is 1. The summed E-state index contributed by atoms with van der Waals surface area (Å²) in [7, 11) is 0. The van der Waals surface area contributed by atoms with E-state index in [1.165, 1.54) is 32.4 Å². The van der Waals surface area contributed by atoms with Crippen molar-refractivity contribution >= 4 is 0 Å². The zero-order valence-electron chi connectivity index (χ0n) is 12.1. The molecule has 2 nitrogen and oxygen atoms in total. The van der Waals surface area contributed by atoms with Crippen LogP contribution in [0.1, 0.15) is 51.0 Å². The molecule has 1 atom stereocenters. The Bertz CT molecular complexity index is 359. The van der Waals surface area contributed by atoms with Gasteiger partial charge < -0.3 is 10.0 Å². The number of likely N-dealkylation sites (tertiary alicyclic amines) is 1. The van der Waals surface area contributed by atoms with E-state index >= 15 is 0 Å². The molecule has 1 saturated heterocycles. The van der Waals surface area contributed by atoms with Crippen LogP contribution in [0.4, 0.5) is 0 Å². The number of benzene rings is 1. The minimum Gasteiger partial charge on any atom is -0.385 e. The lowest BCUT2D eigenvalue weighted by Crippen LogP contribution is -2.36. The fourth-order valence-corrected chi connectivity index (χ4v) is 3.10. The van der Waals surface area contributed by atoms with Gasteiger partial charge in [-0.1, -0.05) is 50.1 Å². The zero-order chi connectivity index (χ0) is 13.6. The number of hydrogen-bond donors (Lipinski definition) is 1. The molecule has 0 aliphatic carbocycles. The molecule has 0 saturated carbocycles. The van der Waals surface area contributed by atoms with Crippen LogP contribution in [0.15, 0.2) is 30.3 Å². The van der Waals surface area contributed by atoms with E-state index in [2.05, 4.69) is 24.0 Å². The molecule has 1 unspecified atom stereocenters. The number of hydrogen-bond acceptors (Lipinski definition) is 2. The first kappa shape index (κ1) is 14.5. The summed E-state index contributed by atoms with van der Waals surface area (Å²) in [5.41, 5.74) is 0.432. The highest BCUT2D eigenvalue weighted by Crippen LogP contribution is 2.30. The Morgan fingerprint density at radius 2 is 1.74 bits per heavy atom. The van der Waals surface area contributed by atoms with Crippen LogP contribution in [0.25, 0.3) is 0 Å². The summed E-state index contributed by atoms with van der Waals surface area (Å²) in [4.78, 5) is 2.51. The second-order valence-corrected chi connectivity index (χ2v) is 5.80. The number of piperidine rings is 1. The molecule has 0 amide bonds. The predicted molar refractivity (Wildman–Crippen MR) is 80.2 cm³/mol. The van der Waals surface area contributed by atoms with Gasteiger partial charge in [0.1, 0.15) is 0 Å². The molecule has 1 N–H and O–H groups in total. The average Bonchev–Trinajstić information content (AvgIpc) is 2.48. The highest BCUT2D eigenvalue weighted by molar-refractivity contribution is 5.22. The van der Waals surface area contributed by atoms with Crippen LogP contribution < -0.4 is 0 Å². The summed E-state index contributed by atoms with van der Waals surface area (Å²) < 4.78 is 0. The SMILES string of the molecule is CCCC(O)(CCN1CCCCC1)c1ccccc1. The molecule has 1 aromatic carbocycles. The zero-order valence-corrected chi connectivity index (χ0v) is 12.1. The Morgan fingerprint density at radius 3 is 2.37 bits per heavy atom. The predicted octanol–water partition coefficient (Wildman–Crippen LogP) is 3.55. The smallest absolute Gasteiger partial charge is 0.0908 e. The fraction of sp³-hybridized carbons (Fsp3) is 0.647. The van der Waals surface area contributed by atoms with Crippen molar-refractivity contribution in [1.82, 2.24) is 4.90 Å². The Morgan fingerprint density at radius 1 is 1.05 bits per heavy atom. The van der Waals surface area contributed by atoms with E-state index in [1.54, 1.807) is 0 Å². The molecular formula is C17H27NO. The van der Waals surface area contributed by atoms with Gasteiger partial charge >= 0.3 is 0 Å². The maximum Gasteiger partial charge on any atom is 0.0908 e. The van der Waals surface area contributed by atoms with E-state index < -0.39 is 5.60 Å². The minimum atomic E-state index is -0.645. The maximum absolute atomic E-state index is 11.0. The van der Waals surface area contributed by atoms with Crippen molar-refractivity contribution in [1.29, 1.82) is 0 Å². The van der Waals surface area contributed by atoms with Crippen LogP contribution in [-0.2, 0) is 5.60 Å². The van der Waals surface area contributed by atoms with Crippen molar-refractivity contribution in [3.05, 3.63) is 35.9 Å². The van der Waals surface area contributed by atoms with Crippen LogP contribution in [-0.4, -0.2) is 29.6 Å². The van der Waals surface area contributed by atoms with Crippen molar-refractivity contribution < 1.29 is 5.11 Å². The first-order valence-electron chi connectivity index (χ1n) is 7.75. The lowest BCUT2D eigenvalue weighted by molar-refractivity contribution is 0.00646. The first-order chi connectivity index (χ1) is 9.24. The molecule has 1 heterocycles. The average molecular weight is 261 g/mol. The van der Waals surface area contributed by atoms with Crippen molar-refractivity contribution in [2.45, 2.75) is 51.0 Å². The van der Waals surface area contributed by atoms with Crippen LogP contribution in [0.5, 0.6) is 0 Å². The normalized spacial score (nSPS) is 20.1. The lowest BCUT2D eigenvalue weighted by Gasteiger charge is -2.33. The Labute approximate surface area is 117 Å². The van der Waals surface area contributed by atoms with Crippen molar-refractivity contribution in [2.75, 3.05) is 19.6 Å². The molecule has 1 aliphatic heterocycles. The third-order valence-corrected chi connectivity index (χ3v) is 4.27. The van der Waals surface area contributed by atoms with Crippen LogP contribution in [0.3, 0.4) is 0 Å². The summed E-state index contributed by atoms with van der Waals surface area (Å²) in [6.45, 7) is 5.58. The lowest BCUT2D eigenvalue weighted by atomic mass is 9.86. The van der Waals surface area contributed by atoms with Crippen LogP contribution in [0.2, 0.25) is 0 Å². The molecule has 1 fully saturated rings. The van der Waals surface area contributed by atoms with Crippen molar-refractivity contribution in [2.24, 2.45) is 0 Å². The van der Waals surface area contributed by atoms with Crippen molar-refractivity contribution in [3.63, 3.8) is 0 Å². The molecule has 1 aromatic rings. The third kappa shape index (κ3) is 4.05. The molecule has 2 rings (SSSR count). The van der Waals surface area contributed by atoms with Gasteiger partial charge in [-0.2, -0.15) is 0 Å². The van der Waals surface area contributed by atoms with Gasteiger partial charge in [-0.3, -0.25) is 0 Å². The van der Waals surface area contributed by atoms with Crippen LogP contribution >= 0.6 is 0 Å². The molecular weight excluding hydrogens is 234 g/mol. The fourth-order valence-electron chi connectivity index (χ4n) is 3.10. The van der Waals surface area contributed by atoms with Gasteiger partial charge in [-0.15, -0.1) is 0 Å².